The van der Waals surface area contributed by atoms with Crippen LogP contribution in [0.2, 0.25) is 0 Å². The van der Waals surface area contributed by atoms with Gasteiger partial charge in [0.05, 0.1) is 11.3 Å². The fourth-order valence-corrected chi connectivity index (χ4v) is 4.00. The van der Waals surface area contributed by atoms with E-state index >= 15 is 0 Å². The highest BCUT2D eigenvalue weighted by atomic mass is 19.4. The molecule has 0 fully saturated rings. The van der Waals surface area contributed by atoms with Gasteiger partial charge >= 0.3 is 11.8 Å². The molecule has 0 atom stereocenters. The Labute approximate surface area is 171 Å². The highest BCUT2D eigenvalue weighted by molar-refractivity contribution is 5.86. The lowest BCUT2D eigenvalue weighted by Gasteiger charge is -2.33. The standard InChI is InChI=1S/C23H22F3NO3/c1-3-4-7-15-11-20(28)30-22-14(2)21-16(10-17(15)22)12-27(13-29-21)19-9-6-5-8-18(19)23(24,25)26/h5-6,8-11H,3-4,7,12-13H2,1-2H3. The van der Waals surface area contributed by atoms with Gasteiger partial charge in [0, 0.05) is 29.1 Å². The third kappa shape index (κ3) is 3.64. The fourth-order valence-electron chi connectivity index (χ4n) is 4.00. The van der Waals surface area contributed by atoms with Gasteiger partial charge in [-0.2, -0.15) is 13.2 Å². The maximum absolute atomic E-state index is 13.5. The molecule has 0 saturated heterocycles. The van der Waals surface area contributed by atoms with Gasteiger partial charge in [-0.05, 0) is 43.5 Å². The zero-order valence-electron chi connectivity index (χ0n) is 16.8. The number of para-hydroxylation sites is 1. The van der Waals surface area contributed by atoms with E-state index in [1.807, 2.05) is 13.0 Å². The van der Waals surface area contributed by atoms with Crippen molar-refractivity contribution in [2.45, 2.75) is 45.8 Å². The van der Waals surface area contributed by atoms with Gasteiger partial charge in [-0.3, -0.25) is 0 Å². The molecule has 0 radical (unpaired) electrons. The van der Waals surface area contributed by atoms with Crippen molar-refractivity contribution in [2.24, 2.45) is 0 Å². The second-order valence-corrected chi connectivity index (χ2v) is 7.55. The lowest BCUT2D eigenvalue weighted by Crippen LogP contribution is -2.33. The molecule has 1 aliphatic rings. The third-order valence-electron chi connectivity index (χ3n) is 5.45. The molecular formula is C23H22F3NO3. The molecule has 0 bridgehead atoms. The molecule has 0 saturated carbocycles. The zero-order valence-corrected chi connectivity index (χ0v) is 16.8. The average Bonchev–Trinajstić information content (AvgIpc) is 2.72. The highest BCUT2D eigenvalue weighted by Crippen LogP contribution is 2.41. The number of ether oxygens (including phenoxy) is 1. The first kappa shape index (κ1) is 20.3. The van der Waals surface area contributed by atoms with Crippen LogP contribution in [0.4, 0.5) is 18.9 Å². The van der Waals surface area contributed by atoms with Gasteiger partial charge in [0.15, 0.2) is 6.73 Å². The average molecular weight is 417 g/mol. The van der Waals surface area contributed by atoms with Gasteiger partial charge in [0.2, 0.25) is 0 Å². The SMILES string of the molecule is CCCCc1cc(=O)oc2c(C)c3c(cc12)CN(c1ccccc1C(F)(F)F)CO3. The lowest BCUT2D eigenvalue weighted by molar-refractivity contribution is -0.137. The number of hydrogen-bond acceptors (Lipinski definition) is 4. The molecule has 3 aromatic rings. The summed E-state index contributed by atoms with van der Waals surface area (Å²) in [6, 6.07) is 8.89. The second kappa shape index (κ2) is 7.70. The van der Waals surface area contributed by atoms with E-state index in [0.29, 0.717) is 16.9 Å². The molecule has 0 amide bonds. The Balaban J connectivity index is 1.80. The lowest BCUT2D eigenvalue weighted by atomic mass is 9.98. The molecule has 0 N–H and O–H groups in total. The van der Waals surface area contributed by atoms with Crippen LogP contribution in [0.15, 0.2) is 45.6 Å². The van der Waals surface area contributed by atoms with Crippen molar-refractivity contribution >= 4 is 16.7 Å². The van der Waals surface area contributed by atoms with Crippen molar-refractivity contribution in [2.75, 3.05) is 11.6 Å². The highest BCUT2D eigenvalue weighted by Gasteiger charge is 2.35. The molecule has 0 aliphatic carbocycles. The normalized spacial score (nSPS) is 14.0. The number of anilines is 1. The van der Waals surface area contributed by atoms with Crippen LogP contribution in [0.5, 0.6) is 5.75 Å². The number of fused-ring (bicyclic) bond motifs is 2. The van der Waals surface area contributed by atoms with Crippen LogP contribution in [-0.2, 0) is 19.1 Å². The summed E-state index contributed by atoms with van der Waals surface area (Å²) in [4.78, 5) is 13.6. The third-order valence-corrected chi connectivity index (χ3v) is 5.45. The summed E-state index contributed by atoms with van der Waals surface area (Å²) < 4.78 is 51.7. The monoisotopic (exact) mass is 417 g/mol. The molecule has 4 rings (SSSR count). The molecule has 4 nitrogen and oxygen atoms in total. The Kier molecular flexibility index (Phi) is 5.22. The first-order valence-corrected chi connectivity index (χ1v) is 9.92. The predicted octanol–water partition coefficient (Wildman–Crippen LogP) is 5.82. The van der Waals surface area contributed by atoms with Gasteiger partial charge < -0.3 is 14.1 Å². The van der Waals surface area contributed by atoms with Gasteiger partial charge in [-0.25, -0.2) is 4.79 Å². The minimum atomic E-state index is -4.45. The number of halogens is 3. The van der Waals surface area contributed by atoms with E-state index in [1.54, 1.807) is 11.0 Å². The Hall–Kier alpha value is -2.96. The Morgan fingerprint density at radius 2 is 1.93 bits per heavy atom. The van der Waals surface area contributed by atoms with Crippen molar-refractivity contribution in [3.63, 3.8) is 0 Å². The van der Waals surface area contributed by atoms with Crippen molar-refractivity contribution in [3.05, 3.63) is 69.1 Å². The van der Waals surface area contributed by atoms with E-state index in [1.165, 1.54) is 18.2 Å². The van der Waals surface area contributed by atoms with E-state index < -0.39 is 17.4 Å². The van der Waals surface area contributed by atoms with E-state index in [0.717, 1.165) is 41.8 Å². The van der Waals surface area contributed by atoms with Crippen molar-refractivity contribution in [1.82, 2.24) is 0 Å². The molecule has 7 heteroatoms. The smallest absolute Gasteiger partial charge is 0.418 e. The number of alkyl halides is 3. The summed E-state index contributed by atoms with van der Waals surface area (Å²) in [6.45, 7) is 4.13. The largest absolute Gasteiger partial charge is 0.472 e. The van der Waals surface area contributed by atoms with Crippen LogP contribution in [-0.4, -0.2) is 6.73 Å². The van der Waals surface area contributed by atoms with Crippen molar-refractivity contribution in [1.29, 1.82) is 0 Å². The molecule has 2 aromatic carbocycles. The van der Waals surface area contributed by atoms with Gasteiger partial charge in [0.1, 0.15) is 11.3 Å². The van der Waals surface area contributed by atoms with Crippen LogP contribution in [0.1, 0.15) is 42.0 Å². The molecule has 1 aliphatic heterocycles. The minimum absolute atomic E-state index is 0.0216. The van der Waals surface area contributed by atoms with Crippen LogP contribution >= 0.6 is 0 Å². The van der Waals surface area contributed by atoms with Crippen molar-refractivity contribution in [3.8, 4) is 5.75 Å². The number of unbranched alkanes of at least 4 members (excludes halogenated alkanes) is 1. The van der Waals surface area contributed by atoms with Crippen LogP contribution in [0, 0.1) is 6.92 Å². The van der Waals surface area contributed by atoms with Crippen LogP contribution < -0.4 is 15.3 Å². The van der Waals surface area contributed by atoms with E-state index in [9.17, 15) is 18.0 Å². The first-order valence-electron chi connectivity index (χ1n) is 9.92. The van der Waals surface area contributed by atoms with Crippen LogP contribution in [0.25, 0.3) is 11.0 Å². The topological polar surface area (TPSA) is 42.7 Å². The summed E-state index contributed by atoms with van der Waals surface area (Å²) in [5, 5.41) is 0.814. The number of hydrogen-bond donors (Lipinski definition) is 0. The number of aryl methyl sites for hydroxylation is 2. The number of rotatable bonds is 4. The van der Waals surface area contributed by atoms with Crippen molar-refractivity contribution < 1.29 is 22.3 Å². The van der Waals surface area contributed by atoms with E-state index in [-0.39, 0.29) is 19.0 Å². The minimum Gasteiger partial charge on any atom is -0.472 e. The van der Waals surface area contributed by atoms with E-state index in [4.69, 9.17) is 9.15 Å². The summed E-state index contributed by atoms with van der Waals surface area (Å²) in [5.74, 6) is 0.569. The Morgan fingerprint density at radius 3 is 2.67 bits per heavy atom. The Bertz CT molecular complexity index is 1150. The molecule has 1 aromatic heterocycles. The summed E-state index contributed by atoms with van der Waals surface area (Å²) in [7, 11) is 0. The van der Waals surface area contributed by atoms with Gasteiger partial charge in [-0.15, -0.1) is 0 Å². The van der Waals surface area contributed by atoms with Gasteiger partial charge in [0.25, 0.3) is 0 Å². The summed E-state index contributed by atoms with van der Waals surface area (Å²) in [5.41, 5.74) is 1.83. The quantitative estimate of drug-likeness (QED) is 0.502. The second-order valence-electron chi connectivity index (χ2n) is 7.55. The maximum Gasteiger partial charge on any atom is 0.418 e. The molecular weight excluding hydrogens is 395 g/mol. The number of nitrogens with zero attached hydrogens (tertiary/aromatic N) is 1. The predicted molar refractivity (Wildman–Crippen MR) is 109 cm³/mol. The fraction of sp³-hybridized carbons (Fsp3) is 0.348. The number of benzene rings is 2. The molecule has 0 spiro atoms. The molecule has 0 unspecified atom stereocenters. The van der Waals surface area contributed by atoms with E-state index in [2.05, 4.69) is 6.92 Å². The molecule has 2 heterocycles. The maximum atomic E-state index is 13.5. The first-order chi connectivity index (χ1) is 14.3. The summed E-state index contributed by atoms with van der Waals surface area (Å²) >= 11 is 0. The Morgan fingerprint density at radius 1 is 1.17 bits per heavy atom. The summed E-state index contributed by atoms with van der Waals surface area (Å²) in [6.07, 6.45) is -1.81. The molecule has 30 heavy (non-hydrogen) atoms. The molecule has 158 valence electrons. The van der Waals surface area contributed by atoms with Crippen LogP contribution in [0.3, 0.4) is 0 Å². The zero-order chi connectivity index (χ0) is 21.5. The van der Waals surface area contributed by atoms with Gasteiger partial charge in [-0.1, -0.05) is 25.5 Å².